The molecule has 78 valence electrons. The van der Waals surface area contributed by atoms with E-state index >= 15 is 0 Å². The van der Waals surface area contributed by atoms with Gasteiger partial charge in [0.15, 0.2) is 6.29 Å². The highest BCUT2D eigenvalue weighted by atomic mass is 16.7. The van der Waals surface area contributed by atoms with Gasteiger partial charge in [-0.1, -0.05) is 20.8 Å². The molecule has 2 fully saturated rings. The Morgan fingerprint density at radius 3 is 2.38 bits per heavy atom. The second-order valence-electron chi connectivity index (χ2n) is 3.22. The zero-order valence-electron chi connectivity index (χ0n) is 8.30. The molecule has 2 rings (SSSR count). The van der Waals surface area contributed by atoms with Gasteiger partial charge in [-0.2, -0.15) is 0 Å². The first kappa shape index (κ1) is 10.9. The maximum absolute atomic E-state index is 9.42. The summed E-state index contributed by atoms with van der Waals surface area (Å²) in [5.41, 5.74) is 0. The Morgan fingerprint density at radius 1 is 1.15 bits per heavy atom. The van der Waals surface area contributed by atoms with E-state index in [-0.39, 0.29) is 18.3 Å². The fourth-order valence-corrected chi connectivity index (χ4v) is 1.59. The Hall–Kier alpha value is -0.160. The largest absolute Gasteiger partial charge is 0.390 e. The van der Waals surface area contributed by atoms with Gasteiger partial charge in [0.25, 0.3) is 0 Å². The highest BCUT2D eigenvalue weighted by Crippen LogP contribution is 2.31. The molecule has 0 aromatic carbocycles. The first-order valence-electron chi connectivity index (χ1n) is 4.83. The van der Waals surface area contributed by atoms with Gasteiger partial charge in [-0.25, -0.2) is 0 Å². The summed E-state index contributed by atoms with van der Waals surface area (Å²) in [4.78, 5) is 0. The second-order valence-corrected chi connectivity index (χ2v) is 3.22. The lowest BCUT2D eigenvalue weighted by Gasteiger charge is -2.33. The lowest BCUT2D eigenvalue weighted by Crippen LogP contribution is -2.49. The number of rotatable bonds is 0. The molecule has 2 N–H and O–H groups in total. The van der Waals surface area contributed by atoms with Gasteiger partial charge in [0.1, 0.15) is 12.2 Å². The Labute approximate surface area is 78.5 Å². The summed E-state index contributed by atoms with van der Waals surface area (Å²) in [6.45, 7) is 6.20. The molecule has 2 aliphatic heterocycles. The number of hydrogen-bond donors (Lipinski definition) is 2. The second kappa shape index (κ2) is 4.37. The molecule has 2 aliphatic rings. The van der Waals surface area contributed by atoms with Crippen LogP contribution in [0, 0.1) is 5.92 Å². The summed E-state index contributed by atoms with van der Waals surface area (Å²) >= 11 is 0. The van der Waals surface area contributed by atoms with E-state index in [0.29, 0.717) is 6.61 Å². The highest BCUT2D eigenvalue weighted by molar-refractivity contribution is 4.90. The standard InChI is InChI=1S/C7H12O4.C2H6/c1-3-5(8)6(9)4-2-10-7(3)11-4;1-2/h3-9H,2H2,1H3;1-2H3. The first-order chi connectivity index (χ1) is 6.20. The third kappa shape index (κ3) is 1.86. The van der Waals surface area contributed by atoms with Crippen LogP contribution in [0.4, 0.5) is 0 Å². The Morgan fingerprint density at radius 2 is 1.77 bits per heavy atom. The van der Waals surface area contributed by atoms with E-state index in [9.17, 15) is 10.2 Å². The molecule has 0 aromatic rings. The minimum absolute atomic E-state index is 0.135. The van der Waals surface area contributed by atoms with E-state index in [2.05, 4.69) is 0 Å². The number of fused-ring (bicyclic) bond motifs is 2. The summed E-state index contributed by atoms with van der Waals surface area (Å²) in [6.07, 6.45) is -2.14. The minimum Gasteiger partial charge on any atom is -0.390 e. The van der Waals surface area contributed by atoms with Crippen molar-refractivity contribution in [3.63, 3.8) is 0 Å². The molecular weight excluding hydrogens is 172 g/mol. The summed E-state index contributed by atoms with van der Waals surface area (Å²) in [5.74, 6) is -0.135. The van der Waals surface area contributed by atoms with Crippen molar-refractivity contribution in [3.8, 4) is 0 Å². The van der Waals surface area contributed by atoms with E-state index in [1.165, 1.54) is 0 Å². The molecule has 4 heteroatoms. The molecule has 5 atom stereocenters. The average Bonchev–Trinajstić information content (AvgIpc) is 2.62. The summed E-state index contributed by atoms with van der Waals surface area (Å²) in [5, 5.41) is 18.8. The molecule has 0 aliphatic carbocycles. The molecule has 0 spiro atoms. The predicted molar refractivity (Wildman–Crippen MR) is 47.1 cm³/mol. The van der Waals surface area contributed by atoms with Crippen LogP contribution in [0.3, 0.4) is 0 Å². The van der Waals surface area contributed by atoms with Crippen LogP contribution in [0.25, 0.3) is 0 Å². The number of ether oxygens (including phenoxy) is 2. The van der Waals surface area contributed by atoms with E-state index in [4.69, 9.17) is 9.47 Å². The van der Waals surface area contributed by atoms with Gasteiger partial charge >= 0.3 is 0 Å². The highest BCUT2D eigenvalue weighted by Gasteiger charge is 2.47. The predicted octanol–water partition coefficient (Wildman–Crippen LogP) is 0.126. The molecule has 5 unspecified atom stereocenters. The average molecular weight is 190 g/mol. The van der Waals surface area contributed by atoms with Crippen LogP contribution in [0.1, 0.15) is 20.8 Å². The Balaban J connectivity index is 0.000000396. The minimum atomic E-state index is -0.788. The molecular formula is C9H18O4. The fourth-order valence-electron chi connectivity index (χ4n) is 1.59. The molecule has 2 heterocycles. The van der Waals surface area contributed by atoms with Gasteiger partial charge < -0.3 is 19.7 Å². The van der Waals surface area contributed by atoms with Crippen molar-refractivity contribution < 1.29 is 19.7 Å². The van der Waals surface area contributed by atoms with Crippen molar-refractivity contribution in [2.24, 2.45) is 5.92 Å². The van der Waals surface area contributed by atoms with E-state index < -0.39 is 12.2 Å². The maximum atomic E-state index is 9.42. The molecule has 0 amide bonds. The molecule has 0 aromatic heterocycles. The molecule has 13 heavy (non-hydrogen) atoms. The van der Waals surface area contributed by atoms with Crippen molar-refractivity contribution in [1.82, 2.24) is 0 Å². The van der Waals surface area contributed by atoms with Gasteiger partial charge in [0.05, 0.1) is 12.7 Å². The smallest absolute Gasteiger partial charge is 0.163 e. The van der Waals surface area contributed by atoms with Crippen LogP contribution >= 0.6 is 0 Å². The number of aliphatic hydroxyl groups excluding tert-OH is 2. The van der Waals surface area contributed by atoms with Crippen molar-refractivity contribution in [2.75, 3.05) is 6.61 Å². The van der Waals surface area contributed by atoms with Crippen LogP contribution in [0.5, 0.6) is 0 Å². The van der Waals surface area contributed by atoms with Crippen molar-refractivity contribution >= 4 is 0 Å². The van der Waals surface area contributed by atoms with E-state index in [1.54, 1.807) is 6.92 Å². The number of hydrogen-bond acceptors (Lipinski definition) is 4. The molecule has 0 saturated carbocycles. The van der Waals surface area contributed by atoms with E-state index in [1.807, 2.05) is 13.8 Å². The Bertz CT molecular complexity index is 142. The third-order valence-corrected chi connectivity index (χ3v) is 2.43. The molecule has 0 radical (unpaired) electrons. The zero-order valence-corrected chi connectivity index (χ0v) is 8.30. The topological polar surface area (TPSA) is 58.9 Å². The maximum Gasteiger partial charge on any atom is 0.163 e. The van der Waals surface area contributed by atoms with E-state index in [0.717, 1.165) is 0 Å². The lowest BCUT2D eigenvalue weighted by molar-refractivity contribution is -0.198. The number of aliphatic hydroxyl groups is 2. The molecule has 4 nitrogen and oxygen atoms in total. The normalized spacial score (nSPS) is 48.2. The molecule has 2 saturated heterocycles. The van der Waals surface area contributed by atoms with Gasteiger partial charge in [0.2, 0.25) is 0 Å². The van der Waals surface area contributed by atoms with Gasteiger partial charge in [-0.3, -0.25) is 0 Å². The lowest BCUT2D eigenvalue weighted by atomic mass is 9.94. The first-order valence-corrected chi connectivity index (χ1v) is 4.83. The summed E-state index contributed by atoms with van der Waals surface area (Å²) < 4.78 is 10.4. The molecule has 2 bridgehead atoms. The summed E-state index contributed by atoms with van der Waals surface area (Å²) in [6, 6.07) is 0. The van der Waals surface area contributed by atoms with Gasteiger partial charge in [0, 0.05) is 5.92 Å². The van der Waals surface area contributed by atoms with Crippen LogP contribution < -0.4 is 0 Å². The van der Waals surface area contributed by atoms with Crippen molar-refractivity contribution in [3.05, 3.63) is 0 Å². The van der Waals surface area contributed by atoms with Crippen molar-refractivity contribution in [2.45, 2.75) is 45.4 Å². The quantitative estimate of drug-likeness (QED) is 0.570. The Kier molecular flexibility index (Phi) is 3.67. The fraction of sp³-hybridized carbons (Fsp3) is 1.00. The monoisotopic (exact) mass is 190 g/mol. The van der Waals surface area contributed by atoms with Crippen molar-refractivity contribution in [1.29, 1.82) is 0 Å². The SMILES string of the molecule is CC.CC1C2OCC(O2)C(O)C1O. The summed E-state index contributed by atoms with van der Waals surface area (Å²) in [7, 11) is 0. The van der Waals surface area contributed by atoms with Gasteiger partial charge in [-0.15, -0.1) is 0 Å². The van der Waals surface area contributed by atoms with Crippen LogP contribution in [-0.4, -0.2) is 41.4 Å². The van der Waals surface area contributed by atoms with Crippen LogP contribution in [-0.2, 0) is 9.47 Å². The van der Waals surface area contributed by atoms with Gasteiger partial charge in [-0.05, 0) is 0 Å². The zero-order chi connectivity index (χ0) is 10.0. The van der Waals surface area contributed by atoms with Crippen LogP contribution in [0.2, 0.25) is 0 Å². The third-order valence-electron chi connectivity index (χ3n) is 2.43. The van der Waals surface area contributed by atoms with Crippen LogP contribution in [0.15, 0.2) is 0 Å².